The van der Waals surface area contributed by atoms with Crippen molar-refractivity contribution in [3.8, 4) is 0 Å². The molecule has 0 aromatic heterocycles. The van der Waals surface area contributed by atoms with E-state index in [1.54, 1.807) is 36.4 Å². The molecule has 2 amide bonds. The van der Waals surface area contributed by atoms with Crippen molar-refractivity contribution in [3.05, 3.63) is 143 Å². The minimum atomic E-state index is -0.947. The summed E-state index contributed by atoms with van der Waals surface area (Å²) in [4.78, 5) is 28.8. The van der Waals surface area contributed by atoms with Crippen molar-refractivity contribution in [1.29, 1.82) is 0 Å². The summed E-state index contributed by atoms with van der Waals surface area (Å²) >= 11 is 0. The van der Waals surface area contributed by atoms with Gasteiger partial charge in [-0.1, -0.05) is 91.0 Å². The number of carbonyl (C=O) groups excluding carboxylic acids is 2. The van der Waals surface area contributed by atoms with Crippen LogP contribution < -0.4 is 5.32 Å². The number of benzene rings is 4. The first-order valence-corrected chi connectivity index (χ1v) is 11.1. The summed E-state index contributed by atoms with van der Waals surface area (Å²) in [7, 11) is 0. The third kappa shape index (κ3) is 5.75. The summed E-state index contributed by atoms with van der Waals surface area (Å²) in [6.45, 7) is 0.533. The van der Waals surface area contributed by atoms with E-state index < -0.39 is 11.9 Å². The number of nitrogens with zero attached hydrogens (tertiary/aromatic N) is 1. The summed E-state index contributed by atoms with van der Waals surface area (Å²) in [5, 5.41) is 2.96. The van der Waals surface area contributed by atoms with Gasteiger partial charge in [-0.25, -0.2) is 4.39 Å². The highest BCUT2D eigenvalue weighted by Gasteiger charge is 2.32. The topological polar surface area (TPSA) is 49.4 Å². The number of amides is 2. The Morgan fingerprint density at radius 2 is 1.24 bits per heavy atom. The molecule has 0 radical (unpaired) electrons. The lowest BCUT2D eigenvalue weighted by Gasteiger charge is -2.32. The number of halogens is 1. The standard InChI is InChI=1S/C29H25FN2O2/c30-26-18-16-24(17-19-26)27(28(33)31-20-22-10-4-1-5-11-22)32(21-23-12-6-2-7-13-23)29(34)25-14-8-3-9-15-25/h1-19,27H,20-21H2,(H,31,33)/t27-/m0/s1. The molecule has 0 bridgehead atoms. The van der Waals surface area contributed by atoms with E-state index in [9.17, 15) is 14.0 Å². The van der Waals surface area contributed by atoms with Crippen LogP contribution in [0.2, 0.25) is 0 Å². The van der Waals surface area contributed by atoms with E-state index in [4.69, 9.17) is 0 Å². The van der Waals surface area contributed by atoms with Crippen LogP contribution in [0.1, 0.15) is 33.1 Å². The monoisotopic (exact) mass is 452 g/mol. The van der Waals surface area contributed by atoms with Crippen LogP contribution >= 0.6 is 0 Å². The Balaban J connectivity index is 1.72. The number of carbonyl (C=O) groups is 2. The largest absolute Gasteiger partial charge is 0.350 e. The van der Waals surface area contributed by atoms with E-state index in [0.717, 1.165) is 11.1 Å². The minimum absolute atomic E-state index is 0.218. The number of nitrogens with one attached hydrogen (secondary N) is 1. The maximum Gasteiger partial charge on any atom is 0.255 e. The average molecular weight is 453 g/mol. The molecule has 5 heteroatoms. The second kappa shape index (κ2) is 11.1. The highest BCUT2D eigenvalue weighted by molar-refractivity contribution is 5.97. The Hall–Kier alpha value is -4.25. The van der Waals surface area contributed by atoms with Gasteiger partial charge in [0, 0.05) is 18.7 Å². The van der Waals surface area contributed by atoms with E-state index in [-0.39, 0.29) is 18.4 Å². The lowest BCUT2D eigenvalue weighted by atomic mass is 10.0. The van der Waals surface area contributed by atoms with Crippen LogP contribution in [0, 0.1) is 5.82 Å². The van der Waals surface area contributed by atoms with Crippen LogP contribution in [0.3, 0.4) is 0 Å². The van der Waals surface area contributed by atoms with E-state index in [1.165, 1.54) is 17.0 Å². The molecule has 0 saturated heterocycles. The van der Waals surface area contributed by atoms with E-state index in [0.29, 0.717) is 17.7 Å². The summed E-state index contributed by atoms with van der Waals surface area (Å²) in [6.07, 6.45) is 0. The Labute approximate surface area is 198 Å². The average Bonchev–Trinajstić information content (AvgIpc) is 2.89. The summed E-state index contributed by atoms with van der Waals surface area (Å²) in [6, 6.07) is 32.7. The lowest BCUT2D eigenvalue weighted by molar-refractivity contribution is -0.126. The smallest absolute Gasteiger partial charge is 0.255 e. The quantitative estimate of drug-likeness (QED) is 0.382. The Morgan fingerprint density at radius 1 is 0.706 bits per heavy atom. The van der Waals surface area contributed by atoms with Crippen molar-refractivity contribution >= 4 is 11.8 Å². The predicted molar refractivity (Wildman–Crippen MR) is 130 cm³/mol. The molecule has 0 aliphatic rings. The number of rotatable bonds is 8. The fraction of sp³-hybridized carbons (Fsp3) is 0.103. The summed E-state index contributed by atoms with van der Waals surface area (Å²) in [5.41, 5.74) is 2.83. The second-order valence-corrected chi connectivity index (χ2v) is 7.94. The van der Waals surface area contributed by atoms with E-state index >= 15 is 0 Å². The zero-order chi connectivity index (χ0) is 23.8. The first kappa shape index (κ1) is 22.9. The molecular weight excluding hydrogens is 427 g/mol. The number of hydrogen-bond donors (Lipinski definition) is 1. The van der Waals surface area contributed by atoms with Crippen molar-refractivity contribution in [2.24, 2.45) is 0 Å². The predicted octanol–water partition coefficient (Wildman–Crippen LogP) is 5.53. The molecule has 4 aromatic carbocycles. The van der Waals surface area contributed by atoms with Crippen LogP contribution in [0.4, 0.5) is 4.39 Å². The molecule has 4 nitrogen and oxygen atoms in total. The molecule has 4 aromatic rings. The molecule has 170 valence electrons. The minimum Gasteiger partial charge on any atom is -0.350 e. The molecule has 4 rings (SSSR count). The van der Waals surface area contributed by atoms with Gasteiger partial charge in [-0.2, -0.15) is 0 Å². The lowest BCUT2D eigenvalue weighted by Crippen LogP contribution is -2.43. The molecule has 0 aliphatic carbocycles. The molecule has 1 N–H and O–H groups in total. The Kier molecular flexibility index (Phi) is 7.45. The maximum absolute atomic E-state index is 13.7. The molecule has 0 saturated carbocycles. The molecule has 0 unspecified atom stereocenters. The van der Waals surface area contributed by atoms with Gasteiger partial charge >= 0.3 is 0 Å². The molecule has 0 heterocycles. The normalized spacial score (nSPS) is 11.4. The SMILES string of the molecule is O=C(NCc1ccccc1)[C@H](c1ccc(F)cc1)N(Cc1ccccc1)C(=O)c1ccccc1. The summed E-state index contributed by atoms with van der Waals surface area (Å²) < 4.78 is 13.7. The fourth-order valence-corrected chi connectivity index (χ4v) is 3.81. The van der Waals surface area contributed by atoms with Crippen molar-refractivity contribution in [3.63, 3.8) is 0 Å². The van der Waals surface area contributed by atoms with Gasteiger partial charge in [-0.15, -0.1) is 0 Å². The molecule has 0 aliphatic heterocycles. The molecule has 0 spiro atoms. The van der Waals surface area contributed by atoms with Crippen LogP contribution in [-0.4, -0.2) is 16.7 Å². The molecular formula is C29H25FN2O2. The van der Waals surface area contributed by atoms with Crippen LogP contribution in [0.25, 0.3) is 0 Å². The Bertz CT molecular complexity index is 1210. The fourth-order valence-electron chi connectivity index (χ4n) is 3.81. The van der Waals surface area contributed by atoms with Gasteiger partial charge < -0.3 is 10.2 Å². The molecule has 34 heavy (non-hydrogen) atoms. The molecule has 1 atom stereocenters. The third-order valence-corrected chi connectivity index (χ3v) is 5.53. The van der Waals surface area contributed by atoms with Crippen molar-refractivity contribution in [2.75, 3.05) is 0 Å². The van der Waals surface area contributed by atoms with Crippen LogP contribution in [0.15, 0.2) is 115 Å². The third-order valence-electron chi connectivity index (χ3n) is 5.53. The van der Waals surface area contributed by atoms with E-state index in [2.05, 4.69) is 5.32 Å². The first-order valence-electron chi connectivity index (χ1n) is 11.1. The van der Waals surface area contributed by atoms with Crippen molar-refractivity contribution < 1.29 is 14.0 Å². The van der Waals surface area contributed by atoms with Gasteiger partial charge in [0.15, 0.2) is 0 Å². The molecule has 0 fully saturated rings. The number of hydrogen-bond acceptors (Lipinski definition) is 2. The van der Waals surface area contributed by atoms with E-state index in [1.807, 2.05) is 66.7 Å². The van der Waals surface area contributed by atoms with Gasteiger partial charge in [0.05, 0.1) is 0 Å². The highest BCUT2D eigenvalue weighted by atomic mass is 19.1. The van der Waals surface area contributed by atoms with Gasteiger partial charge in [0.25, 0.3) is 5.91 Å². The van der Waals surface area contributed by atoms with Gasteiger partial charge in [-0.3, -0.25) is 9.59 Å². The first-order chi connectivity index (χ1) is 16.6. The maximum atomic E-state index is 13.7. The summed E-state index contributed by atoms with van der Waals surface area (Å²) in [5.74, 6) is -1.03. The second-order valence-electron chi connectivity index (χ2n) is 7.94. The Morgan fingerprint density at radius 3 is 1.82 bits per heavy atom. The van der Waals surface area contributed by atoms with Gasteiger partial charge in [-0.05, 0) is 41.0 Å². The van der Waals surface area contributed by atoms with Crippen molar-refractivity contribution in [1.82, 2.24) is 10.2 Å². The van der Waals surface area contributed by atoms with Crippen LogP contribution in [0.5, 0.6) is 0 Å². The highest BCUT2D eigenvalue weighted by Crippen LogP contribution is 2.26. The van der Waals surface area contributed by atoms with Crippen molar-refractivity contribution in [2.45, 2.75) is 19.1 Å². The van der Waals surface area contributed by atoms with Gasteiger partial charge in [0.1, 0.15) is 11.9 Å². The zero-order valence-electron chi connectivity index (χ0n) is 18.6. The van der Waals surface area contributed by atoms with Crippen LogP contribution in [-0.2, 0) is 17.9 Å². The zero-order valence-corrected chi connectivity index (χ0v) is 18.6. The van der Waals surface area contributed by atoms with Gasteiger partial charge in [0.2, 0.25) is 5.91 Å².